The van der Waals surface area contributed by atoms with Gasteiger partial charge in [0.1, 0.15) is 0 Å². The van der Waals surface area contributed by atoms with Crippen LogP contribution in [0.5, 0.6) is 0 Å². The van der Waals surface area contributed by atoms with Gasteiger partial charge in [-0.3, -0.25) is 4.79 Å². The summed E-state index contributed by atoms with van der Waals surface area (Å²) >= 11 is 0. The van der Waals surface area contributed by atoms with Crippen molar-refractivity contribution in [3.05, 3.63) is 0 Å². The lowest BCUT2D eigenvalue weighted by molar-refractivity contribution is -0.136. The fraction of sp³-hybridized carbons (Fsp3) is 0.917. The zero-order chi connectivity index (χ0) is 12.5. The molecule has 0 saturated carbocycles. The van der Waals surface area contributed by atoms with Crippen LogP contribution in [0.25, 0.3) is 0 Å². The lowest BCUT2D eigenvalue weighted by atomic mass is 9.86. The molecule has 1 rings (SSSR count). The number of nitrogens with two attached hydrogens (primary N) is 1. The Bertz CT molecular complexity index is 260. The van der Waals surface area contributed by atoms with E-state index in [2.05, 4.69) is 0 Å². The minimum Gasteiger partial charge on any atom is -0.376 e. The molecule has 94 valence electrons. The maximum absolute atomic E-state index is 12.2. The van der Waals surface area contributed by atoms with Crippen molar-refractivity contribution < 1.29 is 9.53 Å². The van der Waals surface area contributed by atoms with E-state index in [-0.39, 0.29) is 23.5 Å². The van der Waals surface area contributed by atoms with Crippen LogP contribution in [0.15, 0.2) is 0 Å². The van der Waals surface area contributed by atoms with Gasteiger partial charge >= 0.3 is 0 Å². The molecule has 0 aliphatic carbocycles. The van der Waals surface area contributed by atoms with Crippen LogP contribution in [-0.4, -0.2) is 42.6 Å². The summed E-state index contributed by atoms with van der Waals surface area (Å²) in [5, 5.41) is 0. The number of nitrogens with zero attached hydrogens (tertiary/aromatic N) is 1. The quantitative estimate of drug-likeness (QED) is 0.767. The summed E-state index contributed by atoms with van der Waals surface area (Å²) in [7, 11) is 1.82. The third-order valence-electron chi connectivity index (χ3n) is 3.38. The van der Waals surface area contributed by atoms with Gasteiger partial charge in [0.15, 0.2) is 0 Å². The highest BCUT2D eigenvalue weighted by atomic mass is 16.5. The highest BCUT2D eigenvalue weighted by Gasteiger charge is 2.36. The van der Waals surface area contributed by atoms with Crippen molar-refractivity contribution >= 4 is 5.91 Å². The highest BCUT2D eigenvalue weighted by molar-refractivity contribution is 5.82. The average Bonchev–Trinajstić information content (AvgIpc) is 2.59. The van der Waals surface area contributed by atoms with Gasteiger partial charge in [0.2, 0.25) is 5.91 Å². The van der Waals surface area contributed by atoms with Crippen molar-refractivity contribution in [3.8, 4) is 0 Å². The van der Waals surface area contributed by atoms with Gasteiger partial charge < -0.3 is 15.4 Å². The Morgan fingerprint density at radius 1 is 1.50 bits per heavy atom. The number of carbonyl (C=O) groups is 1. The summed E-state index contributed by atoms with van der Waals surface area (Å²) < 4.78 is 5.47. The third kappa shape index (κ3) is 2.74. The summed E-state index contributed by atoms with van der Waals surface area (Å²) in [5.41, 5.74) is 5.78. The molecule has 0 aromatic rings. The molecule has 2 N–H and O–H groups in total. The fourth-order valence-electron chi connectivity index (χ4n) is 1.98. The molecule has 1 fully saturated rings. The predicted molar refractivity (Wildman–Crippen MR) is 64.0 cm³/mol. The Morgan fingerprint density at radius 3 is 2.44 bits per heavy atom. The minimum atomic E-state index is -0.453. The van der Waals surface area contributed by atoms with Crippen LogP contribution in [0.1, 0.15) is 34.1 Å². The molecule has 0 aromatic carbocycles. The molecule has 1 saturated heterocycles. The summed E-state index contributed by atoms with van der Waals surface area (Å²) in [6.07, 6.45) is 1.02. The first-order valence-electron chi connectivity index (χ1n) is 5.89. The molecular formula is C12H24N2O2. The van der Waals surface area contributed by atoms with E-state index < -0.39 is 6.04 Å². The molecule has 16 heavy (non-hydrogen) atoms. The zero-order valence-electron chi connectivity index (χ0n) is 11.0. The molecule has 0 spiro atoms. The molecule has 4 heteroatoms. The van der Waals surface area contributed by atoms with Gasteiger partial charge in [-0.15, -0.1) is 0 Å². The van der Waals surface area contributed by atoms with Crippen molar-refractivity contribution in [2.24, 2.45) is 11.1 Å². The van der Waals surface area contributed by atoms with Crippen LogP contribution in [0.3, 0.4) is 0 Å². The SMILES string of the molecule is CC1OCCC1N(C)C(=O)[C@H](N)C(C)(C)C. The summed E-state index contributed by atoms with van der Waals surface area (Å²) in [6, 6.07) is -0.286. The molecular weight excluding hydrogens is 204 g/mol. The van der Waals surface area contributed by atoms with Crippen molar-refractivity contribution in [1.29, 1.82) is 0 Å². The Morgan fingerprint density at radius 2 is 2.06 bits per heavy atom. The van der Waals surface area contributed by atoms with Crippen molar-refractivity contribution in [2.45, 2.75) is 52.3 Å². The van der Waals surface area contributed by atoms with E-state index in [4.69, 9.17) is 10.5 Å². The van der Waals surface area contributed by atoms with Crippen molar-refractivity contribution in [1.82, 2.24) is 4.90 Å². The molecule has 1 aliphatic rings. The molecule has 0 aromatic heterocycles. The van der Waals surface area contributed by atoms with Gasteiger partial charge in [0.05, 0.1) is 18.2 Å². The highest BCUT2D eigenvalue weighted by Crippen LogP contribution is 2.23. The van der Waals surface area contributed by atoms with Gasteiger partial charge in [-0.25, -0.2) is 0 Å². The Labute approximate surface area is 98.1 Å². The Kier molecular flexibility index (Phi) is 3.97. The smallest absolute Gasteiger partial charge is 0.240 e. The summed E-state index contributed by atoms with van der Waals surface area (Å²) in [4.78, 5) is 13.9. The first kappa shape index (κ1) is 13.5. The summed E-state index contributed by atoms with van der Waals surface area (Å²) in [6.45, 7) is 8.69. The lowest BCUT2D eigenvalue weighted by Gasteiger charge is -2.34. The number of hydrogen-bond donors (Lipinski definition) is 1. The normalized spacial score (nSPS) is 27.9. The maximum Gasteiger partial charge on any atom is 0.240 e. The van der Waals surface area contributed by atoms with E-state index in [0.29, 0.717) is 0 Å². The number of hydrogen-bond acceptors (Lipinski definition) is 3. The Balaban J connectivity index is 2.67. The second-order valence-electron chi connectivity index (χ2n) is 5.72. The average molecular weight is 228 g/mol. The topological polar surface area (TPSA) is 55.6 Å². The minimum absolute atomic E-state index is 0.00912. The van der Waals surface area contributed by atoms with Gasteiger partial charge in [0.25, 0.3) is 0 Å². The number of amides is 1. The number of likely N-dealkylation sites (N-methyl/N-ethyl adjacent to an activating group) is 1. The van der Waals surface area contributed by atoms with Crippen LogP contribution in [-0.2, 0) is 9.53 Å². The molecule has 4 nitrogen and oxygen atoms in total. The summed E-state index contributed by atoms with van der Waals surface area (Å²) in [5.74, 6) is 0.00912. The van der Waals surface area contributed by atoms with E-state index >= 15 is 0 Å². The van der Waals surface area contributed by atoms with Crippen molar-refractivity contribution in [2.75, 3.05) is 13.7 Å². The van der Waals surface area contributed by atoms with Crippen LogP contribution in [0.4, 0.5) is 0 Å². The van der Waals surface area contributed by atoms with Gasteiger partial charge in [-0.05, 0) is 18.8 Å². The van der Waals surface area contributed by atoms with E-state index in [1.807, 2.05) is 34.7 Å². The second-order valence-corrected chi connectivity index (χ2v) is 5.72. The Hall–Kier alpha value is -0.610. The van der Waals surface area contributed by atoms with Crippen LogP contribution < -0.4 is 5.73 Å². The van der Waals surface area contributed by atoms with Crippen LogP contribution >= 0.6 is 0 Å². The van der Waals surface area contributed by atoms with Crippen LogP contribution in [0.2, 0.25) is 0 Å². The van der Waals surface area contributed by atoms with Crippen molar-refractivity contribution in [3.63, 3.8) is 0 Å². The molecule has 1 heterocycles. The second kappa shape index (κ2) is 4.72. The van der Waals surface area contributed by atoms with E-state index in [1.165, 1.54) is 0 Å². The number of rotatable bonds is 2. The molecule has 0 bridgehead atoms. The number of ether oxygens (including phenoxy) is 1. The maximum atomic E-state index is 12.2. The number of carbonyl (C=O) groups excluding carboxylic acids is 1. The zero-order valence-corrected chi connectivity index (χ0v) is 11.0. The monoisotopic (exact) mass is 228 g/mol. The first-order chi connectivity index (χ1) is 7.25. The largest absolute Gasteiger partial charge is 0.376 e. The fourth-order valence-corrected chi connectivity index (χ4v) is 1.98. The molecule has 1 aliphatic heterocycles. The van der Waals surface area contributed by atoms with Gasteiger partial charge in [-0.2, -0.15) is 0 Å². The van der Waals surface area contributed by atoms with E-state index in [1.54, 1.807) is 4.90 Å². The molecule has 1 amide bonds. The molecule has 0 radical (unpaired) electrons. The molecule has 2 unspecified atom stereocenters. The van der Waals surface area contributed by atoms with E-state index in [0.717, 1.165) is 13.0 Å². The standard InChI is InChI=1S/C12H24N2O2/c1-8-9(6-7-16-8)14(5)11(15)10(13)12(2,3)4/h8-10H,6-7,13H2,1-5H3/t8?,9?,10-/m0/s1. The first-order valence-corrected chi connectivity index (χ1v) is 5.89. The van der Waals surface area contributed by atoms with Crippen LogP contribution in [0, 0.1) is 5.41 Å². The predicted octanol–water partition coefficient (Wildman–Crippen LogP) is 0.996. The lowest BCUT2D eigenvalue weighted by Crippen LogP contribution is -2.53. The third-order valence-corrected chi connectivity index (χ3v) is 3.38. The van der Waals surface area contributed by atoms with Gasteiger partial charge in [0, 0.05) is 13.7 Å². The molecule has 3 atom stereocenters. The van der Waals surface area contributed by atoms with E-state index in [9.17, 15) is 4.79 Å². The van der Waals surface area contributed by atoms with Gasteiger partial charge in [-0.1, -0.05) is 20.8 Å².